The molecule has 1 aromatic carbocycles. The molecule has 0 atom stereocenters. The number of benzene rings is 1. The molecule has 0 N–H and O–H groups in total. The molecule has 1 heteroatoms. The molecule has 0 aliphatic rings. The van der Waals surface area contributed by atoms with E-state index in [0.717, 1.165) is 33.5 Å². The van der Waals surface area contributed by atoms with Crippen molar-refractivity contribution in [2.45, 2.75) is 0 Å². The molecule has 0 spiro atoms. The molecule has 38 valence electrons. The Balaban J connectivity index is 2.94. The van der Waals surface area contributed by atoms with Crippen molar-refractivity contribution >= 4 is 27.9 Å². The van der Waals surface area contributed by atoms with Gasteiger partial charge < -0.3 is 0 Å². The predicted molar refractivity (Wildman–Crippen MR) is 39.1 cm³/mol. The molecule has 0 amide bonds. The van der Waals surface area contributed by atoms with Crippen LogP contribution >= 0.6 is 0 Å². The first-order chi connectivity index (χ1) is 4.43. The molecule has 9 heavy (non-hydrogen) atoms. The Labute approximate surface area is 72.7 Å². The molecule has 0 saturated heterocycles. The van der Waals surface area contributed by atoms with Gasteiger partial charge in [0.25, 0.3) is 0 Å². The Morgan fingerprint density at radius 2 is 1.78 bits per heavy atom. The fourth-order valence-electron chi connectivity index (χ4n) is 0.666. The van der Waals surface area contributed by atoms with Gasteiger partial charge in [-0.05, 0) is 0 Å². The van der Waals surface area contributed by atoms with E-state index in [4.69, 9.17) is 0 Å². The van der Waals surface area contributed by atoms with E-state index in [2.05, 4.69) is 9.09 Å². The third-order valence-electron chi connectivity index (χ3n) is 1.04. The van der Waals surface area contributed by atoms with Crippen LogP contribution in [0, 0.1) is 9.09 Å². The molecule has 0 unspecified atom stereocenters. The monoisotopic (exact) mass is 124 g/mol. The van der Waals surface area contributed by atoms with Crippen LogP contribution in [0.3, 0.4) is 0 Å². The summed E-state index contributed by atoms with van der Waals surface area (Å²) in [6.07, 6.45) is 0. The average Bonchev–Trinajstić information content (AvgIpc) is 1.91. The Morgan fingerprint density at radius 3 is 2.33 bits per heavy atom. The Hall–Kier alpha value is -0.220. The topological polar surface area (TPSA) is 0 Å². The van der Waals surface area contributed by atoms with Gasteiger partial charge in [-0.3, -0.25) is 0 Å². The van der Waals surface area contributed by atoms with Crippen LogP contribution in [-0.4, -0.2) is 27.9 Å². The molecule has 0 fully saturated rings. The van der Waals surface area contributed by atoms with E-state index in [9.17, 15) is 0 Å². The third kappa shape index (κ3) is 2.24. The number of rotatable bonds is 0. The summed E-state index contributed by atoms with van der Waals surface area (Å²) in [5.74, 6) is 3.02. The van der Waals surface area contributed by atoms with Crippen molar-refractivity contribution in [2.75, 3.05) is 0 Å². The molecule has 0 aromatic heterocycles. The summed E-state index contributed by atoms with van der Waals surface area (Å²) in [6.45, 7) is 0. The average molecular weight is 124 g/mol. The van der Waals surface area contributed by atoms with Gasteiger partial charge in [0.1, 0.15) is 0 Å². The summed E-state index contributed by atoms with van der Waals surface area (Å²) in [5, 5.41) is 0. The van der Waals surface area contributed by atoms with Crippen molar-refractivity contribution in [3.05, 3.63) is 35.9 Å². The van der Waals surface area contributed by atoms with Gasteiger partial charge in [-0.25, -0.2) is 0 Å². The summed E-state index contributed by atoms with van der Waals surface area (Å²) in [4.78, 5) is 0. The molecule has 0 radical (unpaired) electrons. The minimum atomic E-state index is 0.963. The van der Waals surface area contributed by atoms with E-state index in [-0.39, 0.29) is 0 Å². The van der Waals surface area contributed by atoms with Crippen LogP contribution in [0.5, 0.6) is 0 Å². The van der Waals surface area contributed by atoms with Crippen LogP contribution in [0.15, 0.2) is 30.3 Å². The van der Waals surface area contributed by atoms with Crippen molar-refractivity contribution < 1.29 is 0 Å². The van der Waals surface area contributed by atoms with Crippen molar-refractivity contribution in [1.82, 2.24) is 0 Å². The summed E-state index contributed by atoms with van der Waals surface area (Å²) in [6, 6.07) is 10.0. The fraction of sp³-hybridized carbons (Fsp3) is 0. The SMILES string of the molecule is [Na][C]#Cc1ccccc1. The van der Waals surface area contributed by atoms with E-state index in [1.165, 1.54) is 0 Å². The van der Waals surface area contributed by atoms with Gasteiger partial charge >= 0.3 is 72.9 Å². The molecular formula is C8H5Na. The van der Waals surface area contributed by atoms with E-state index in [0.29, 0.717) is 0 Å². The van der Waals surface area contributed by atoms with Crippen LogP contribution in [0.2, 0.25) is 0 Å². The maximum absolute atomic E-state index is 3.02. The molecule has 0 aliphatic heterocycles. The van der Waals surface area contributed by atoms with E-state index >= 15 is 0 Å². The Kier molecular flexibility index (Phi) is 2.86. The van der Waals surface area contributed by atoms with Gasteiger partial charge in [-0.1, -0.05) is 0 Å². The summed E-state index contributed by atoms with van der Waals surface area (Å²) in [5.41, 5.74) is 1.12. The Morgan fingerprint density at radius 1 is 1.11 bits per heavy atom. The van der Waals surface area contributed by atoms with Crippen LogP contribution in [0.25, 0.3) is 0 Å². The second-order valence-electron chi connectivity index (χ2n) is 1.74. The van der Waals surface area contributed by atoms with Crippen LogP contribution in [-0.2, 0) is 0 Å². The summed E-state index contributed by atoms with van der Waals surface area (Å²) >= 11 is 0.963. The third-order valence-corrected chi connectivity index (χ3v) is 1.29. The molecular weight excluding hydrogens is 119 g/mol. The van der Waals surface area contributed by atoms with Crippen molar-refractivity contribution in [1.29, 1.82) is 0 Å². The second-order valence-corrected chi connectivity index (χ2v) is 2.24. The molecule has 1 rings (SSSR count). The van der Waals surface area contributed by atoms with Gasteiger partial charge in [0, 0.05) is 0 Å². The molecule has 1 aromatic rings. The molecule has 0 bridgehead atoms. The zero-order valence-corrected chi connectivity index (χ0v) is 7.39. The van der Waals surface area contributed by atoms with E-state index < -0.39 is 0 Å². The molecule has 0 nitrogen and oxygen atoms in total. The van der Waals surface area contributed by atoms with Gasteiger partial charge in [-0.15, -0.1) is 0 Å². The zero-order valence-electron chi connectivity index (χ0n) is 5.39. The molecule has 0 heterocycles. The van der Waals surface area contributed by atoms with Gasteiger partial charge in [0.15, 0.2) is 0 Å². The fourth-order valence-corrected chi connectivity index (χ4v) is 0.954. The van der Waals surface area contributed by atoms with Crippen LogP contribution in [0.1, 0.15) is 5.56 Å². The maximum atomic E-state index is 3.02. The summed E-state index contributed by atoms with van der Waals surface area (Å²) < 4.78 is 2.97. The second kappa shape index (κ2) is 3.74. The van der Waals surface area contributed by atoms with Gasteiger partial charge in [-0.2, -0.15) is 0 Å². The molecule has 0 saturated carbocycles. The van der Waals surface area contributed by atoms with Gasteiger partial charge in [0.2, 0.25) is 0 Å². The Bertz CT molecular complexity index is 228. The van der Waals surface area contributed by atoms with Crippen molar-refractivity contribution in [2.24, 2.45) is 0 Å². The first-order valence-electron chi connectivity index (χ1n) is 2.91. The minimum absolute atomic E-state index is 0.963. The van der Waals surface area contributed by atoms with E-state index in [1.807, 2.05) is 30.3 Å². The van der Waals surface area contributed by atoms with E-state index in [1.54, 1.807) is 0 Å². The van der Waals surface area contributed by atoms with Crippen LogP contribution in [0.4, 0.5) is 0 Å². The quantitative estimate of drug-likeness (QED) is 0.359. The normalized spacial score (nSPS) is 7.78. The standard InChI is InChI=1S/C8H5.Na/c1-2-8-6-4-3-5-7-8;/h3-7H;. The predicted octanol–water partition coefficient (Wildman–Crippen LogP) is 1.16. The van der Waals surface area contributed by atoms with Crippen molar-refractivity contribution in [3.63, 3.8) is 0 Å². The number of hydrogen-bond donors (Lipinski definition) is 0. The van der Waals surface area contributed by atoms with Crippen molar-refractivity contribution in [3.8, 4) is 9.09 Å². The first kappa shape index (κ1) is 6.89. The zero-order chi connectivity index (χ0) is 6.53. The van der Waals surface area contributed by atoms with Crippen LogP contribution < -0.4 is 0 Å². The summed E-state index contributed by atoms with van der Waals surface area (Å²) in [7, 11) is 0. The number of hydrogen-bond acceptors (Lipinski definition) is 0. The first-order valence-corrected chi connectivity index (χ1v) is 3.91. The van der Waals surface area contributed by atoms with Gasteiger partial charge in [0.05, 0.1) is 0 Å². The molecule has 0 aliphatic carbocycles.